The molecule has 1 aromatic rings. The van der Waals surface area contributed by atoms with Crippen LogP contribution >= 0.6 is 0 Å². The monoisotopic (exact) mass is 215 g/mol. The summed E-state index contributed by atoms with van der Waals surface area (Å²) in [6.07, 6.45) is 11.4. The quantitative estimate of drug-likeness (QED) is 0.733. The van der Waals surface area contributed by atoms with E-state index in [1.807, 2.05) is 0 Å². The van der Waals surface area contributed by atoms with Crippen LogP contribution in [0.15, 0.2) is 12.3 Å². The van der Waals surface area contributed by atoms with Crippen molar-refractivity contribution in [3.63, 3.8) is 0 Å². The van der Waals surface area contributed by atoms with Crippen LogP contribution in [0.1, 0.15) is 49.8 Å². The highest BCUT2D eigenvalue weighted by Gasteiger charge is 2.51. The Labute approximate surface area is 97.6 Å². The molecule has 1 aromatic heterocycles. The van der Waals surface area contributed by atoms with Crippen LogP contribution in [0.2, 0.25) is 0 Å². The van der Waals surface area contributed by atoms with Crippen molar-refractivity contribution >= 4 is 0 Å². The molecule has 0 aromatic carbocycles. The Bertz CT molecular complexity index is 380. The van der Waals surface area contributed by atoms with Crippen LogP contribution in [0, 0.1) is 24.7 Å². The first-order chi connectivity index (χ1) is 7.73. The Hall–Kier alpha value is -0.720. The van der Waals surface area contributed by atoms with Crippen molar-refractivity contribution in [2.75, 3.05) is 0 Å². The molecule has 0 unspecified atom stereocenters. The van der Waals surface area contributed by atoms with Crippen molar-refractivity contribution < 1.29 is 0 Å². The second-order valence-corrected chi connectivity index (χ2v) is 6.77. The molecule has 0 saturated heterocycles. The minimum Gasteiger partial charge on any atom is -0.365 e. The number of aromatic nitrogens is 1. The van der Waals surface area contributed by atoms with Crippen LogP contribution in [0.4, 0.5) is 0 Å². The molecule has 1 N–H and O–H groups in total. The van der Waals surface area contributed by atoms with Gasteiger partial charge in [-0.15, -0.1) is 0 Å². The fraction of sp³-hybridized carbons (Fsp3) is 0.733. The van der Waals surface area contributed by atoms with Gasteiger partial charge in [0.15, 0.2) is 0 Å². The van der Waals surface area contributed by atoms with E-state index in [0.29, 0.717) is 5.41 Å². The molecule has 4 aliphatic carbocycles. The Morgan fingerprint density at radius 3 is 2.06 bits per heavy atom. The SMILES string of the molecule is Cc1cc(C23CC4CC(CC(C4)C2)C3)c[nH]1. The Kier molecular flexibility index (Phi) is 1.71. The van der Waals surface area contributed by atoms with Gasteiger partial charge < -0.3 is 4.98 Å². The summed E-state index contributed by atoms with van der Waals surface area (Å²) in [6, 6.07) is 2.41. The average Bonchev–Trinajstić information content (AvgIpc) is 2.63. The predicted molar refractivity (Wildman–Crippen MR) is 65.4 cm³/mol. The summed E-state index contributed by atoms with van der Waals surface area (Å²) in [5.74, 6) is 3.17. The molecule has 0 amide bonds. The smallest absolute Gasteiger partial charge is 0.0118 e. The van der Waals surface area contributed by atoms with E-state index in [9.17, 15) is 0 Å². The van der Waals surface area contributed by atoms with Crippen LogP contribution in [0.3, 0.4) is 0 Å². The highest BCUT2D eigenvalue weighted by atomic mass is 14.7. The zero-order chi connectivity index (χ0) is 10.8. The number of nitrogens with one attached hydrogen (secondary N) is 1. The molecule has 1 heterocycles. The topological polar surface area (TPSA) is 15.8 Å². The zero-order valence-electron chi connectivity index (χ0n) is 10.1. The first kappa shape index (κ1) is 9.32. The molecule has 1 heteroatoms. The summed E-state index contributed by atoms with van der Waals surface area (Å²) in [5, 5.41) is 0. The highest BCUT2D eigenvalue weighted by Crippen LogP contribution is 2.60. The third kappa shape index (κ3) is 1.18. The van der Waals surface area contributed by atoms with Gasteiger partial charge in [-0.05, 0) is 80.2 Å². The Balaban J connectivity index is 1.76. The highest BCUT2D eigenvalue weighted by molar-refractivity contribution is 5.29. The van der Waals surface area contributed by atoms with E-state index < -0.39 is 0 Å². The molecule has 1 nitrogen and oxygen atoms in total. The molecule has 4 aliphatic rings. The number of aromatic amines is 1. The van der Waals surface area contributed by atoms with Gasteiger partial charge in [-0.3, -0.25) is 0 Å². The molecule has 0 radical (unpaired) electrons. The van der Waals surface area contributed by atoms with Crippen molar-refractivity contribution in [3.8, 4) is 0 Å². The summed E-state index contributed by atoms with van der Waals surface area (Å²) in [4.78, 5) is 3.39. The van der Waals surface area contributed by atoms with E-state index in [1.165, 1.54) is 25.0 Å². The van der Waals surface area contributed by atoms with Crippen molar-refractivity contribution in [1.82, 2.24) is 4.98 Å². The number of aryl methyl sites for hydroxylation is 1. The number of rotatable bonds is 1. The van der Waals surface area contributed by atoms with Gasteiger partial charge in [0.05, 0.1) is 0 Å². The van der Waals surface area contributed by atoms with Gasteiger partial charge in [0.1, 0.15) is 0 Å². The normalized spacial score (nSPS) is 45.2. The van der Waals surface area contributed by atoms with Crippen LogP contribution < -0.4 is 0 Å². The van der Waals surface area contributed by atoms with Crippen molar-refractivity contribution in [2.45, 2.75) is 50.9 Å². The number of hydrogen-bond acceptors (Lipinski definition) is 0. The summed E-state index contributed by atoms with van der Waals surface area (Å²) in [7, 11) is 0. The van der Waals surface area contributed by atoms with Crippen LogP contribution in [0.25, 0.3) is 0 Å². The molecule has 4 bridgehead atoms. The van der Waals surface area contributed by atoms with Gasteiger partial charge in [-0.1, -0.05) is 0 Å². The molecule has 16 heavy (non-hydrogen) atoms. The van der Waals surface area contributed by atoms with Gasteiger partial charge in [0.25, 0.3) is 0 Å². The number of hydrogen-bond donors (Lipinski definition) is 1. The van der Waals surface area contributed by atoms with Gasteiger partial charge in [-0.2, -0.15) is 0 Å². The number of H-pyrrole nitrogens is 1. The molecular weight excluding hydrogens is 194 g/mol. The van der Waals surface area contributed by atoms with Crippen molar-refractivity contribution in [3.05, 3.63) is 23.5 Å². The van der Waals surface area contributed by atoms with Crippen LogP contribution in [-0.2, 0) is 5.41 Å². The lowest BCUT2D eigenvalue weighted by atomic mass is 9.48. The molecule has 5 rings (SSSR count). The van der Waals surface area contributed by atoms with Crippen LogP contribution in [0.5, 0.6) is 0 Å². The lowest BCUT2D eigenvalue weighted by Crippen LogP contribution is -2.48. The second kappa shape index (κ2) is 2.94. The summed E-state index contributed by atoms with van der Waals surface area (Å²) >= 11 is 0. The van der Waals surface area contributed by atoms with Crippen molar-refractivity contribution in [2.24, 2.45) is 17.8 Å². The Morgan fingerprint density at radius 1 is 1.06 bits per heavy atom. The standard InChI is InChI=1S/C15H21N/c1-10-2-14(9-16-10)15-6-11-3-12(7-15)5-13(4-11)8-15/h2,9,11-13,16H,3-8H2,1H3. The summed E-state index contributed by atoms with van der Waals surface area (Å²) in [5.41, 5.74) is 3.55. The van der Waals surface area contributed by atoms with Gasteiger partial charge in [0, 0.05) is 11.9 Å². The molecular formula is C15H21N. The lowest BCUT2D eigenvalue weighted by molar-refractivity contribution is -0.00513. The van der Waals surface area contributed by atoms with E-state index in [1.54, 1.807) is 24.8 Å². The minimum atomic E-state index is 0.583. The van der Waals surface area contributed by atoms with Crippen molar-refractivity contribution in [1.29, 1.82) is 0 Å². The van der Waals surface area contributed by atoms with E-state index in [2.05, 4.69) is 24.2 Å². The van der Waals surface area contributed by atoms with Gasteiger partial charge in [-0.25, -0.2) is 0 Å². The first-order valence-electron chi connectivity index (χ1n) is 6.89. The van der Waals surface area contributed by atoms with E-state index in [4.69, 9.17) is 0 Å². The fourth-order valence-corrected chi connectivity index (χ4v) is 5.28. The summed E-state index contributed by atoms with van der Waals surface area (Å²) in [6.45, 7) is 2.18. The maximum atomic E-state index is 3.39. The fourth-order valence-electron chi connectivity index (χ4n) is 5.28. The molecule has 4 saturated carbocycles. The van der Waals surface area contributed by atoms with Gasteiger partial charge >= 0.3 is 0 Å². The van der Waals surface area contributed by atoms with E-state index in [-0.39, 0.29) is 0 Å². The summed E-state index contributed by atoms with van der Waals surface area (Å²) < 4.78 is 0. The van der Waals surface area contributed by atoms with E-state index in [0.717, 1.165) is 17.8 Å². The molecule has 0 atom stereocenters. The predicted octanol–water partition coefficient (Wildman–Crippen LogP) is 3.79. The van der Waals surface area contributed by atoms with Crippen LogP contribution in [-0.4, -0.2) is 4.98 Å². The molecule has 4 fully saturated rings. The van der Waals surface area contributed by atoms with E-state index >= 15 is 0 Å². The second-order valence-electron chi connectivity index (χ2n) is 6.77. The average molecular weight is 215 g/mol. The third-order valence-electron chi connectivity index (χ3n) is 5.48. The molecule has 0 aliphatic heterocycles. The minimum absolute atomic E-state index is 0.583. The third-order valence-corrected chi connectivity index (χ3v) is 5.48. The maximum absolute atomic E-state index is 3.39. The largest absolute Gasteiger partial charge is 0.365 e. The molecule has 0 spiro atoms. The maximum Gasteiger partial charge on any atom is 0.0118 e. The lowest BCUT2D eigenvalue weighted by Gasteiger charge is -2.56. The van der Waals surface area contributed by atoms with Gasteiger partial charge in [0.2, 0.25) is 0 Å². The molecule has 86 valence electrons. The first-order valence-corrected chi connectivity index (χ1v) is 6.89. The Morgan fingerprint density at radius 2 is 1.62 bits per heavy atom. The zero-order valence-corrected chi connectivity index (χ0v) is 10.1.